The Labute approximate surface area is 100 Å². The number of amides is 1. The summed E-state index contributed by atoms with van der Waals surface area (Å²) in [6.45, 7) is 5.40. The summed E-state index contributed by atoms with van der Waals surface area (Å²) in [6.07, 6.45) is 4.86. The van der Waals surface area contributed by atoms with Crippen molar-refractivity contribution in [2.75, 3.05) is 0 Å². The van der Waals surface area contributed by atoms with E-state index in [9.17, 15) is 4.79 Å². The number of nitrogens with zero attached hydrogens (tertiary/aromatic N) is 1. The number of carbonyl (C=O) groups is 1. The molecule has 17 heavy (non-hydrogen) atoms. The molecule has 0 aliphatic rings. The Morgan fingerprint density at radius 1 is 1.47 bits per heavy atom. The topological polar surface area (TPSA) is 42.0 Å². The molecular weight excluding hydrogens is 212 g/mol. The number of hydrogen-bond donors (Lipinski definition) is 1. The highest BCUT2D eigenvalue weighted by atomic mass is 16.1. The number of benzene rings is 1. The van der Waals surface area contributed by atoms with Gasteiger partial charge >= 0.3 is 0 Å². The third kappa shape index (κ3) is 2.33. The van der Waals surface area contributed by atoms with Crippen LogP contribution in [0.15, 0.2) is 49.3 Å². The molecule has 3 nitrogen and oxygen atoms in total. The highest BCUT2D eigenvalue weighted by Crippen LogP contribution is 2.23. The first-order chi connectivity index (χ1) is 8.22. The lowest BCUT2D eigenvalue weighted by Gasteiger charge is -2.15. The van der Waals surface area contributed by atoms with Gasteiger partial charge in [-0.3, -0.25) is 9.78 Å². The SMILES string of the molecule is C=CC(=O)N[C@@H](C)c1cccc2cnccc12. The van der Waals surface area contributed by atoms with Crippen LogP contribution in [-0.4, -0.2) is 10.9 Å². The predicted octanol–water partition coefficient (Wildman–Crippen LogP) is 2.60. The van der Waals surface area contributed by atoms with E-state index in [4.69, 9.17) is 0 Å². The Kier molecular flexibility index (Phi) is 3.19. The average Bonchev–Trinajstić information content (AvgIpc) is 2.37. The summed E-state index contributed by atoms with van der Waals surface area (Å²) >= 11 is 0. The van der Waals surface area contributed by atoms with E-state index in [1.807, 2.05) is 37.4 Å². The van der Waals surface area contributed by atoms with Crippen LogP contribution in [0.25, 0.3) is 10.8 Å². The largest absolute Gasteiger partial charge is 0.346 e. The molecule has 1 aromatic carbocycles. The molecule has 1 aromatic heterocycles. The molecule has 0 spiro atoms. The molecule has 0 fully saturated rings. The minimum absolute atomic E-state index is 0.0494. The number of hydrogen-bond acceptors (Lipinski definition) is 2. The third-order valence-electron chi connectivity index (χ3n) is 2.73. The van der Waals surface area contributed by atoms with Crippen molar-refractivity contribution in [2.24, 2.45) is 0 Å². The third-order valence-corrected chi connectivity index (χ3v) is 2.73. The van der Waals surface area contributed by atoms with Crippen molar-refractivity contribution >= 4 is 16.7 Å². The maximum atomic E-state index is 11.3. The molecule has 0 saturated carbocycles. The van der Waals surface area contributed by atoms with Crippen LogP contribution < -0.4 is 5.32 Å². The smallest absolute Gasteiger partial charge is 0.243 e. The van der Waals surface area contributed by atoms with Gasteiger partial charge in [0.25, 0.3) is 0 Å². The van der Waals surface area contributed by atoms with E-state index in [0.717, 1.165) is 16.3 Å². The first-order valence-corrected chi connectivity index (χ1v) is 5.48. The second-order valence-electron chi connectivity index (χ2n) is 3.88. The van der Waals surface area contributed by atoms with Gasteiger partial charge in [0.05, 0.1) is 6.04 Å². The van der Waals surface area contributed by atoms with Crippen molar-refractivity contribution in [1.29, 1.82) is 0 Å². The summed E-state index contributed by atoms with van der Waals surface area (Å²) in [4.78, 5) is 15.4. The van der Waals surface area contributed by atoms with Gasteiger partial charge in [-0.15, -0.1) is 0 Å². The van der Waals surface area contributed by atoms with Crippen LogP contribution in [0.1, 0.15) is 18.5 Å². The van der Waals surface area contributed by atoms with Crippen molar-refractivity contribution in [3.05, 3.63) is 54.9 Å². The minimum Gasteiger partial charge on any atom is -0.346 e. The van der Waals surface area contributed by atoms with Gasteiger partial charge in [-0.2, -0.15) is 0 Å². The van der Waals surface area contributed by atoms with E-state index in [0.29, 0.717) is 0 Å². The standard InChI is InChI=1S/C14H14N2O/c1-3-14(17)16-10(2)12-6-4-5-11-9-15-8-7-13(11)12/h3-10H,1H2,2H3,(H,16,17)/t10-/m0/s1. The van der Waals surface area contributed by atoms with Gasteiger partial charge in [0.15, 0.2) is 0 Å². The van der Waals surface area contributed by atoms with Crippen LogP contribution in [0.4, 0.5) is 0 Å². The maximum absolute atomic E-state index is 11.3. The lowest BCUT2D eigenvalue weighted by molar-refractivity contribution is -0.117. The number of rotatable bonds is 3. The zero-order chi connectivity index (χ0) is 12.3. The van der Waals surface area contributed by atoms with Crippen LogP contribution in [0, 0.1) is 0 Å². The first kappa shape index (κ1) is 11.3. The molecule has 0 bridgehead atoms. The zero-order valence-electron chi connectivity index (χ0n) is 9.68. The summed E-state index contributed by atoms with van der Waals surface area (Å²) in [5.74, 6) is -0.163. The van der Waals surface area contributed by atoms with Gasteiger partial charge in [-0.25, -0.2) is 0 Å². The Hall–Kier alpha value is -2.16. The summed E-state index contributed by atoms with van der Waals surface area (Å²) < 4.78 is 0. The summed E-state index contributed by atoms with van der Waals surface area (Å²) in [5, 5.41) is 5.04. The highest BCUT2D eigenvalue weighted by Gasteiger charge is 2.10. The Bertz CT molecular complexity index is 558. The molecule has 0 saturated heterocycles. The fraction of sp³-hybridized carbons (Fsp3) is 0.143. The lowest BCUT2D eigenvalue weighted by Crippen LogP contribution is -2.24. The molecule has 1 amide bonds. The van der Waals surface area contributed by atoms with Gasteiger partial charge in [0.2, 0.25) is 5.91 Å². The number of fused-ring (bicyclic) bond motifs is 1. The quantitative estimate of drug-likeness (QED) is 0.817. The first-order valence-electron chi connectivity index (χ1n) is 5.48. The van der Waals surface area contributed by atoms with Crippen molar-refractivity contribution in [3.8, 4) is 0 Å². The van der Waals surface area contributed by atoms with E-state index in [1.165, 1.54) is 6.08 Å². The average molecular weight is 226 g/mol. The monoisotopic (exact) mass is 226 g/mol. The van der Waals surface area contributed by atoms with Crippen molar-refractivity contribution in [1.82, 2.24) is 10.3 Å². The Balaban J connectivity index is 2.41. The number of pyridine rings is 1. The predicted molar refractivity (Wildman–Crippen MR) is 68.5 cm³/mol. The van der Waals surface area contributed by atoms with Crippen molar-refractivity contribution in [3.63, 3.8) is 0 Å². The van der Waals surface area contributed by atoms with E-state index in [-0.39, 0.29) is 11.9 Å². The molecular formula is C14H14N2O. The van der Waals surface area contributed by atoms with Gasteiger partial charge < -0.3 is 5.32 Å². The summed E-state index contributed by atoms with van der Waals surface area (Å²) in [5.41, 5.74) is 1.08. The van der Waals surface area contributed by atoms with Crippen molar-refractivity contribution < 1.29 is 4.79 Å². The normalized spacial score (nSPS) is 12.1. The van der Waals surface area contributed by atoms with Crippen LogP contribution >= 0.6 is 0 Å². The van der Waals surface area contributed by atoms with Gasteiger partial charge in [-0.1, -0.05) is 24.8 Å². The molecule has 86 valence electrons. The second-order valence-corrected chi connectivity index (χ2v) is 3.88. The van der Waals surface area contributed by atoms with Crippen LogP contribution in [0.5, 0.6) is 0 Å². The van der Waals surface area contributed by atoms with Gasteiger partial charge in [0.1, 0.15) is 0 Å². The minimum atomic E-state index is -0.163. The molecule has 1 N–H and O–H groups in total. The van der Waals surface area contributed by atoms with E-state index >= 15 is 0 Å². The second kappa shape index (κ2) is 4.78. The molecule has 2 rings (SSSR count). The molecule has 1 heterocycles. The zero-order valence-corrected chi connectivity index (χ0v) is 9.68. The van der Waals surface area contributed by atoms with Crippen LogP contribution in [0.3, 0.4) is 0 Å². The lowest BCUT2D eigenvalue weighted by atomic mass is 10.0. The van der Waals surface area contributed by atoms with Crippen LogP contribution in [0.2, 0.25) is 0 Å². The molecule has 3 heteroatoms. The Morgan fingerprint density at radius 2 is 2.29 bits per heavy atom. The van der Waals surface area contributed by atoms with Crippen LogP contribution in [-0.2, 0) is 4.79 Å². The fourth-order valence-electron chi connectivity index (χ4n) is 1.88. The van der Waals surface area contributed by atoms with Gasteiger partial charge in [-0.05, 0) is 30.0 Å². The molecule has 0 unspecified atom stereocenters. The number of nitrogens with one attached hydrogen (secondary N) is 1. The summed E-state index contributed by atoms with van der Waals surface area (Å²) in [6, 6.07) is 7.90. The number of carbonyl (C=O) groups excluding carboxylic acids is 1. The number of aromatic nitrogens is 1. The molecule has 2 aromatic rings. The highest BCUT2D eigenvalue weighted by molar-refractivity contribution is 5.89. The van der Waals surface area contributed by atoms with E-state index in [1.54, 1.807) is 6.20 Å². The molecule has 0 aliphatic carbocycles. The molecule has 0 radical (unpaired) electrons. The van der Waals surface area contributed by atoms with Crippen molar-refractivity contribution in [2.45, 2.75) is 13.0 Å². The molecule has 0 aliphatic heterocycles. The molecule has 1 atom stereocenters. The fourth-order valence-corrected chi connectivity index (χ4v) is 1.88. The Morgan fingerprint density at radius 3 is 3.06 bits per heavy atom. The summed E-state index contributed by atoms with van der Waals surface area (Å²) in [7, 11) is 0. The van der Waals surface area contributed by atoms with E-state index in [2.05, 4.69) is 16.9 Å². The van der Waals surface area contributed by atoms with E-state index < -0.39 is 0 Å². The maximum Gasteiger partial charge on any atom is 0.243 e. The van der Waals surface area contributed by atoms with Gasteiger partial charge in [0, 0.05) is 17.8 Å².